The predicted molar refractivity (Wildman–Crippen MR) is 261 cm³/mol. The monoisotopic (exact) mass is 1100 g/mol. The summed E-state index contributed by atoms with van der Waals surface area (Å²) in [5.41, 5.74) is -2.61. The first-order valence-corrected chi connectivity index (χ1v) is 27.9. The summed E-state index contributed by atoms with van der Waals surface area (Å²) in [6.07, 6.45) is -23.6. The van der Waals surface area contributed by atoms with E-state index in [-0.39, 0.29) is 47.4 Å². The van der Waals surface area contributed by atoms with E-state index in [1.165, 1.54) is 19.6 Å². The summed E-state index contributed by atoms with van der Waals surface area (Å²) in [5, 5.41) is 122. The summed E-state index contributed by atoms with van der Waals surface area (Å²) in [6.45, 7) is 14.6. The number of esters is 1. The minimum absolute atomic E-state index is 0.0254. The van der Waals surface area contributed by atoms with Crippen LogP contribution in [-0.2, 0) is 56.9 Å². The Hall–Kier alpha value is -1.63. The van der Waals surface area contributed by atoms with Crippen molar-refractivity contribution < 1.29 is 113 Å². The van der Waals surface area contributed by atoms with Crippen LogP contribution < -0.4 is 0 Å². The smallest absolute Gasteiger partial charge is 0.316 e. The number of aliphatic hydroxyl groups excluding tert-OH is 11. The van der Waals surface area contributed by atoms with Crippen molar-refractivity contribution in [1.29, 1.82) is 0 Å². The first-order valence-electron chi connectivity index (χ1n) is 27.9. The predicted octanol–water partition coefficient (Wildman–Crippen LogP) is -1.21. The van der Waals surface area contributed by atoms with E-state index in [0.29, 0.717) is 12.8 Å². The Labute approximate surface area is 448 Å². The van der Waals surface area contributed by atoms with E-state index in [1.54, 1.807) is 0 Å². The number of methoxy groups -OCH3 is 1. The standard InChI is InChI=1S/C54H86O23/c1-22-40(73-46-39(65)42(35(61)27(20-56)71-46)74-45-38(64)41(67-9)34(60)26(19-55)70-45)36(62)37(63)44(69-22)75-43-33(59)25(57)21-68-47(43)72-31-14-16-51(6)24-18-30(58)54-29(53(8,77-48(54)66)32-13-15-49(2,3)76-32)12-17-52(54,7)23(24)10-11-28(51)50(31,4)5/h18,22-23,25-47,55-65H,10-17,19-21H2,1-9H3/t22-,23-,25-,26-,27-,28+,29-,30-,31+,32?,33+,34-,35-,36-,37-,38-,39-,40-,41+,42+,43-,44+,45+,46+,47+,51-,52+,53-,54+/m1/s1. The lowest BCUT2D eigenvalue weighted by atomic mass is 9.40. The average molecular weight is 1100 g/mol. The van der Waals surface area contributed by atoms with Crippen molar-refractivity contribution in [2.24, 2.45) is 39.4 Å². The number of hydrogen-bond acceptors (Lipinski definition) is 23. The zero-order valence-corrected chi connectivity index (χ0v) is 45.6. The molecule has 9 fully saturated rings. The van der Waals surface area contributed by atoms with Crippen LogP contribution in [-0.4, -0.2) is 235 Å². The van der Waals surface area contributed by atoms with Gasteiger partial charge in [0.15, 0.2) is 25.2 Å². The first kappa shape index (κ1) is 58.6. The second kappa shape index (κ2) is 20.9. The highest BCUT2D eigenvalue weighted by molar-refractivity contribution is 5.84. The number of fused-ring (bicyclic) bond motifs is 4. The minimum atomic E-state index is -1.91. The van der Waals surface area contributed by atoms with Crippen LogP contribution in [0.3, 0.4) is 0 Å². The third-order valence-corrected chi connectivity index (χ3v) is 21.0. The van der Waals surface area contributed by atoms with Gasteiger partial charge in [-0.15, -0.1) is 0 Å². The molecule has 3 saturated carbocycles. The molecule has 29 atom stereocenters. The average Bonchev–Trinajstić information content (AvgIpc) is 4.02. The molecule has 6 aliphatic heterocycles. The SMILES string of the molecule is CO[C@@H]1[C@@H](O)[C@H](O[C@@H]2[C@@H](O)[C@H](O[C@H]3[C@H](O)[C@@H](O)[C@H](O[C@H]4[C@H](O[C@H]5CC[C@]6(C)C7=C[C@@H](O)[C@]89C(=O)O[C@@](C)(C%10CCC(C)(C)O%10)[C@H]8CC[C@@]9(C)[C@@H]7CC[C@H]6C5(C)C)OC[C@@H](O)[C@@H]4O)O[C@@H]3C)O[C@H](CO)[C@H]2O)O[C@H](CO)[C@H]1O. The Kier molecular flexibility index (Phi) is 15.9. The number of allylic oxidation sites excluding steroid dienone is 1. The fraction of sp³-hybridized carbons (Fsp3) is 0.944. The van der Waals surface area contributed by atoms with Crippen molar-refractivity contribution in [1.82, 2.24) is 0 Å². The highest BCUT2D eigenvalue weighted by Crippen LogP contribution is 2.76. The Morgan fingerprint density at radius 1 is 0.610 bits per heavy atom. The van der Waals surface area contributed by atoms with Gasteiger partial charge in [0, 0.05) is 13.0 Å². The molecule has 6 heterocycles. The quantitative estimate of drug-likeness (QED) is 0.0621. The number of carbonyl (C=O) groups excluding carboxylic acids is 1. The van der Waals surface area contributed by atoms with E-state index in [4.69, 9.17) is 52.1 Å². The molecule has 10 rings (SSSR count). The molecule has 1 spiro atoms. The lowest BCUT2D eigenvalue weighted by Gasteiger charge is -2.64. The summed E-state index contributed by atoms with van der Waals surface area (Å²) >= 11 is 0. The van der Waals surface area contributed by atoms with Gasteiger partial charge in [0.25, 0.3) is 0 Å². The van der Waals surface area contributed by atoms with Gasteiger partial charge in [0.05, 0.1) is 49.8 Å². The number of rotatable bonds is 12. The van der Waals surface area contributed by atoms with Gasteiger partial charge in [-0.1, -0.05) is 39.3 Å². The molecule has 0 aromatic rings. The molecule has 11 N–H and O–H groups in total. The van der Waals surface area contributed by atoms with Crippen LogP contribution in [0.25, 0.3) is 0 Å². The first-order chi connectivity index (χ1) is 36.1. The zero-order valence-electron chi connectivity index (χ0n) is 45.6. The van der Waals surface area contributed by atoms with Gasteiger partial charge in [-0.3, -0.25) is 4.79 Å². The fourth-order valence-electron chi connectivity index (χ4n) is 16.7. The van der Waals surface area contributed by atoms with Gasteiger partial charge >= 0.3 is 5.97 Å². The van der Waals surface area contributed by atoms with Crippen LogP contribution in [0.1, 0.15) is 107 Å². The molecule has 0 aromatic carbocycles. The van der Waals surface area contributed by atoms with Crippen LogP contribution >= 0.6 is 0 Å². The maximum absolute atomic E-state index is 14.6. The highest BCUT2D eigenvalue weighted by atomic mass is 16.8. The number of aliphatic hydroxyl groups is 11. The van der Waals surface area contributed by atoms with Crippen LogP contribution in [0.15, 0.2) is 11.6 Å². The molecule has 4 aliphatic carbocycles. The molecule has 77 heavy (non-hydrogen) atoms. The molecule has 0 amide bonds. The van der Waals surface area contributed by atoms with Crippen LogP contribution in [0.2, 0.25) is 0 Å². The number of carbonyl (C=O) groups is 1. The van der Waals surface area contributed by atoms with Gasteiger partial charge in [-0.05, 0) is 107 Å². The van der Waals surface area contributed by atoms with Crippen LogP contribution in [0, 0.1) is 39.4 Å². The highest BCUT2D eigenvalue weighted by Gasteiger charge is 2.80. The normalized spacial score (nSPS) is 55.1. The van der Waals surface area contributed by atoms with Crippen molar-refractivity contribution in [3.63, 3.8) is 0 Å². The molecular weight excluding hydrogens is 1020 g/mol. The van der Waals surface area contributed by atoms with Gasteiger partial charge in [-0.25, -0.2) is 0 Å². The van der Waals surface area contributed by atoms with Gasteiger partial charge in [0.1, 0.15) is 96.5 Å². The molecular formula is C54H86O23. The summed E-state index contributed by atoms with van der Waals surface area (Å²) in [6, 6.07) is 0. The van der Waals surface area contributed by atoms with E-state index in [0.717, 1.165) is 38.5 Å². The molecule has 1 unspecified atom stereocenters. The Morgan fingerprint density at radius 2 is 1.22 bits per heavy atom. The third-order valence-electron chi connectivity index (χ3n) is 21.0. The van der Waals surface area contributed by atoms with Gasteiger partial charge < -0.3 is 108 Å². The van der Waals surface area contributed by atoms with Crippen molar-refractivity contribution in [2.75, 3.05) is 26.9 Å². The number of ether oxygens (including phenoxy) is 11. The fourth-order valence-corrected chi connectivity index (χ4v) is 16.7. The molecule has 23 nitrogen and oxygen atoms in total. The second-order valence-corrected chi connectivity index (χ2v) is 25.9. The summed E-state index contributed by atoms with van der Waals surface area (Å²) < 4.78 is 66.5. The van der Waals surface area contributed by atoms with E-state index in [9.17, 15) is 61.0 Å². The van der Waals surface area contributed by atoms with Crippen LogP contribution in [0.4, 0.5) is 0 Å². The van der Waals surface area contributed by atoms with Crippen molar-refractivity contribution >= 4 is 5.97 Å². The summed E-state index contributed by atoms with van der Waals surface area (Å²) in [7, 11) is 1.21. The van der Waals surface area contributed by atoms with Crippen molar-refractivity contribution in [3.8, 4) is 0 Å². The van der Waals surface area contributed by atoms with Crippen molar-refractivity contribution in [2.45, 2.75) is 253 Å². The number of cyclic esters (lactones) is 1. The molecule has 0 radical (unpaired) electrons. The second-order valence-electron chi connectivity index (χ2n) is 25.9. The molecule has 6 saturated heterocycles. The van der Waals surface area contributed by atoms with Gasteiger partial charge in [0.2, 0.25) is 0 Å². The molecule has 0 aromatic heterocycles. The zero-order chi connectivity index (χ0) is 55.9. The molecule has 0 bridgehead atoms. The lowest BCUT2D eigenvalue weighted by molar-refractivity contribution is -0.389. The third kappa shape index (κ3) is 9.06. The van der Waals surface area contributed by atoms with E-state index in [1.807, 2.05) is 13.0 Å². The topological polar surface area (TPSA) is 341 Å². The van der Waals surface area contributed by atoms with E-state index >= 15 is 0 Å². The van der Waals surface area contributed by atoms with E-state index in [2.05, 4.69) is 41.5 Å². The largest absolute Gasteiger partial charge is 0.456 e. The lowest BCUT2D eigenvalue weighted by Crippen LogP contribution is -2.67. The Bertz CT molecular complexity index is 2170. The summed E-state index contributed by atoms with van der Waals surface area (Å²) in [4.78, 5) is 14.6. The van der Waals surface area contributed by atoms with Crippen molar-refractivity contribution in [3.05, 3.63) is 11.6 Å². The minimum Gasteiger partial charge on any atom is -0.456 e. The maximum Gasteiger partial charge on any atom is 0.316 e. The molecule has 23 heteroatoms. The maximum atomic E-state index is 14.6. The molecule has 440 valence electrons. The van der Waals surface area contributed by atoms with Gasteiger partial charge in [-0.2, -0.15) is 0 Å². The summed E-state index contributed by atoms with van der Waals surface area (Å²) in [5.74, 6) is -0.476. The van der Waals surface area contributed by atoms with E-state index < -0.39 is 164 Å². The Morgan fingerprint density at radius 3 is 1.84 bits per heavy atom. The number of hydrogen-bond donors (Lipinski definition) is 11. The van der Waals surface area contributed by atoms with Crippen LogP contribution in [0.5, 0.6) is 0 Å². The Balaban J connectivity index is 0.817. The molecule has 10 aliphatic rings.